The molecule has 1 heterocycles. The molecule has 1 unspecified atom stereocenters. The van der Waals surface area contributed by atoms with Gasteiger partial charge in [0.1, 0.15) is 0 Å². The number of ketones is 1. The highest BCUT2D eigenvalue weighted by atomic mass is 127. The number of H-pyrrole nitrogens is 1. The van der Waals surface area contributed by atoms with Crippen molar-refractivity contribution in [2.45, 2.75) is 45.8 Å². The quantitative estimate of drug-likeness (QED) is 0.188. The molecule has 0 bridgehead atoms. The number of ether oxygens (including phenoxy) is 2. The van der Waals surface area contributed by atoms with Gasteiger partial charge >= 0.3 is 11.9 Å². The number of hydrogen-bond donors (Lipinski definition) is 3. The van der Waals surface area contributed by atoms with Crippen molar-refractivity contribution in [3.05, 3.63) is 40.1 Å². The zero-order chi connectivity index (χ0) is 25.6. The van der Waals surface area contributed by atoms with E-state index in [0.717, 1.165) is 0 Å². The Balaban J connectivity index is 2.57. The third-order valence-corrected chi connectivity index (χ3v) is 7.81. The van der Waals surface area contributed by atoms with Gasteiger partial charge in [0.25, 0.3) is 0 Å². The molecule has 0 aliphatic carbocycles. The number of nitrogens with one attached hydrogen (secondary N) is 2. The van der Waals surface area contributed by atoms with Gasteiger partial charge in [-0.05, 0) is 81.1 Å². The molecular formula is C21H23I3N4O6. The molecule has 0 aliphatic heterocycles. The van der Waals surface area contributed by atoms with Gasteiger partial charge in [0.2, 0.25) is 5.91 Å². The molecule has 2 rings (SSSR count). The number of esters is 2. The second-order valence-corrected chi connectivity index (χ2v) is 10.3. The third-order valence-electron chi connectivity index (χ3n) is 4.57. The molecule has 34 heavy (non-hydrogen) atoms. The second kappa shape index (κ2) is 13.1. The Morgan fingerprint density at radius 3 is 2.29 bits per heavy atom. The van der Waals surface area contributed by atoms with Crippen LogP contribution in [-0.2, 0) is 25.5 Å². The van der Waals surface area contributed by atoms with Crippen LogP contribution in [0.3, 0.4) is 0 Å². The van der Waals surface area contributed by atoms with Crippen LogP contribution in [0.25, 0.3) is 0 Å². The van der Waals surface area contributed by atoms with Crippen molar-refractivity contribution in [1.29, 1.82) is 0 Å². The number of nitrogens with two attached hydrogens (primary N) is 1. The van der Waals surface area contributed by atoms with Crippen LogP contribution in [0, 0.1) is 10.7 Å². The number of halogens is 3. The number of hydrogen-bond acceptors (Lipinski definition) is 8. The van der Waals surface area contributed by atoms with Crippen LogP contribution in [0.1, 0.15) is 53.6 Å². The van der Waals surface area contributed by atoms with Crippen LogP contribution in [0.4, 0.5) is 5.69 Å². The number of rotatable bonds is 10. The van der Waals surface area contributed by atoms with E-state index in [1.807, 2.05) is 67.8 Å². The molecule has 1 amide bonds. The van der Waals surface area contributed by atoms with Crippen molar-refractivity contribution >= 4 is 97.1 Å². The summed E-state index contributed by atoms with van der Waals surface area (Å²) < 4.78 is 11.6. The van der Waals surface area contributed by atoms with Crippen molar-refractivity contribution in [1.82, 2.24) is 9.97 Å². The van der Waals surface area contributed by atoms with E-state index in [9.17, 15) is 19.2 Å². The van der Waals surface area contributed by atoms with E-state index in [-0.39, 0.29) is 36.5 Å². The van der Waals surface area contributed by atoms with Gasteiger partial charge in [0.15, 0.2) is 11.9 Å². The summed E-state index contributed by atoms with van der Waals surface area (Å²) in [4.78, 5) is 57.5. The molecule has 0 saturated carbocycles. The number of benzene rings is 1. The summed E-state index contributed by atoms with van der Waals surface area (Å²) in [5.41, 5.74) is 7.42. The topological polar surface area (TPSA) is 153 Å². The van der Waals surface area contributed by atoms with Crippen LogP contribution in [0.15, 0.2) is 12.5 Å². The number of carbonyl (C=O) groups is 4. The molecule has 0 aliphatic rings. The number of amides is 1. The lowest BCUT2D eigenvalue weighted by atomic mass is 9.98. The Morgan fingerprint density at radius 1 is 1.12 bits per heavy atom. The summed E-state index contributed by atoms with van der Waals surface area (Å²) in [7, 11) is 0. The van der Waals surface area contributed by atoms with Gasteiger partial charge < -0.3 is 25.5 Å². The monoisotopic (exact) mass is 808 g/mol. The summed E-state index contributed by atoms with van der Waals surface area (Å²) in [5, 5.41) is 2.69. The predicted octanol–water partition coefficient (Wildman–Crippen LogP) is 3.43. The summed E-state index contributed by atoms with van der Waals surface area (Å²) in [6.45, 7) is 4.80. The van der Waals surface area contributed by atoms with Gasteiger partial charge in [-0.3, -0.25) is 9.59 Å². The fourth-order valence-electron chi connectivity index (χ4n) is 2.98. The third kappa shape index (κ3) is 6.87. The first-order valence-corrected chi connectivity index (χ1v) is 13.4. The first kappa shape index (κ1) is 28.9. The Kier molecular flexibility index (Phi) is 11.1. The molecule has 184 valence electrons. The van der Waals surface area contributed by atoms with E-state index in [4.69, 9.17) is 15.2 Å². The maximum absolute atomic E-state index is 13.4. The lowest BCUT2D eigenvalue weighted by molar-refractivity contribution is -0.153. The van der Waals surface area contributed by atoms with Gasteiger partial charge in [-0.1, -0.05) is 6.92 Å². The van der Waals surface area contributed by atoms with Gasteiger partial charge in [-0.25, -0.2) is 14.6 Å². The number of nitrogens with zero attached hydrogens (tertiary/aromatic N) is 1. The number of aromatic amines is 1. The number of imidazole rings is 1. The first-order chi connectivity index (χ1) is 16.0. The summed E-state index contributed by atoms with van der Waals surface area (Å²) >= 11 is 5.76. The Hall–Kier alpha value is -1.34. The molecule has 1 aromatic heterocycles. The SMILES string of the molecule is CCOC(=O)C(CC)OC(=O)c1c(I)c(NC(C)=O)c(I)c(C(=O)[C@@H](N)Cc2cnc[nH]2)c1I. The van der Waals surface area contributed by atoms with Crippen LogP contribution in [-0.4, -0.2) is 52.3 Å². The van der Waals surface area contributed by atoms with Gasteiger partial charge in [0, 0.05) is 37.9 Å². The van der Waals surface area contributed by atoms with Crippen molar-refractivity contribution in [2.75, 3.05) is 11.9 Å². The fraction of sp³-hybridized carbons (Fsp3) is 0.381. The minimum Gasteiger partial charge on any atom is -0.463 e. The normalized spacial score (nSPS) is 12.6. The molecule has 2 atom stereocenters. The van der Waals surface area contributed by atoms with E-state index in [1.165, 1.54) is 13.3 Å². The second-order valence-electron chi connectivity index (χ2n) is 7.05. The van der Waals surface area contributed by atoms with Crippen molar-refractivity contribution in [3.8, 4) is 0 Å². The van der Waals surface area contributed by atoms with Crippen LogP contribution in [0.2, 0.25) is 0 Å². The maximum atomic E-state index is 13.4. The van der Waals surface area contributed by atoms with Crippen molar-refractivity contribution in [2.24, 2.45) is 5.73 Å². The highest BCUT2D eigenvalue weighted by molar-refractivity contribution is 14.1. The van der Waals surface area contributed by atoms with Gasteiger partial charge in [-0.2, -0.15) is 0 Å². The highest BCUT2D eigenvalue weighted by Crippen LogP contribution is 2.37. The minimum absolute atomic E-state index is 0.0604. The maximum Gasteiger partial charge on any atom is 0.347 e. The smallest absolute Gasteiger partial charge is 0.347 e. The minimum atomic E-state index is -1.11. The molecule has 0 fully saturated rings. The van der Waals surface area contributed by atoms with Crippen LogP contribution >= 0.6 is 67.8 Å². The number of anilines is 1. The Morgan fingerprint density at radius 2 is 1.76 bits per heavy atom. The lowest BCUT2D eigenvalue weighted by Gasteiger charge is -2.21. The standard InChI is InChI=1S/C21H23I3N4O6/c1-4-12(20(31)33-5-2)34-21(32)14-15(22)13(16(23)18(17(14)24)28-9(3)29)19(30)11(25)6-10-7-26-8-27-10/h7-8,11-12H,4-6,25H2,1-3H3,(H,26,27)(H,28,29)/t11-,12?/m0/s1. The molecule has 13 heteroatoms. The molecule has 0 radical (unpaired) electrons. The molecule has 4 N–H and O–H groups in total. The molecule has 0 saturated heterocycles. The molecule has 1 aromatic carbocycles. The first-order valence-electron chi connectivity index (χ1n) is 10.2. The van der Waals surface area contributed by atoms with Gasteiger partial charge in [0.05, 0.1) is 33.8 Å². The van der Waals surface area contributed by atoms with Crippen molar-refractivity contribution < 1.29 is 28.7 Å². The molecule has 0 spiro atoms. The lowest BCUT2D eigenvalue weighted by Crippen LogP contribution is -2.35. The van der Waals surface area contributed by atoms with E-state index < -0.39 is 29.9 Å². The average Bonchev–Trinajstić information content (AvgIpc) is 3.27. The fourth-order valence-corrected chi connectivity index (χ4v) is 7.39. The highest BCUT2D eigenvalue weighted by Gasteiger charge is 2.33. The summed E-state index contributed by atoms with van der Waals surface area (Å²) in [5.74, 6) is -2.27. The van der Waals surface area contributed by atoms with Crippen LogP contribution in [0.5, 0.6) is 0 Å². The number of carbonyl (C=O) groups excluding carboxylic acids is 4. The van der Waals surface area contributed by atoms with Gasteiger partial charge in [-0.15, -0.1) is 0 Å². The van der Waals surface area contributed by atoms with E-state index in [0.29, 0.717) is 22.1 Å². The zero-order valence-corrected chi connectivity index (χ0v) is 25.0. The van der Waals surface area contributed by atoms with E-state index >= 15 is 0 Å². The Bertz CT molecular complexity index is 1090. The summed E-state index contributed by atoms with van der Waals surface area (Å²) in [6, 6.07) is -0.931. The van der Waals surface area contributed by atoms with Crippen LogP contribution < -0.4 is 11.1 Å². The van der Waals surface area contributed by atoms with E-state index in [1.54, 1.807) is 20.0 Å². The molecular weight excluding hydrogens is 785 g/mol. The molecule has 2 aromatic rings. The Labute approximate surface area is 237 Å². The molecule has 10 nitrogen and oxygen atoms in total. The predicted molar refractivity (Wildman–Crippen MR) is 150 cm³/mol. The largest absolute Gasteiger partial charge is 0.463 e. The summed E-state index contributed by atoms with van der Waals surface area (Å²) in [6.07, 6.45) is 2.36. The van der Waals surface area contributed by atoms with E-state index in [2.05, 4.69) is 15.3 Å². The number of Topliss-reactive ketones (excluding diaryl/α,β-unsaturated/α-hetero) is 1. The van der Waals surface area contributed by atoms with Crippen molar-refractivity contribution in [3.63, 3.8) is 0 Å². The average molecular weight is 808 g/mol. The number of aromatic nitrogens is 2. The zero-order valence-electron chi connectivity index (χ0n) is 18.5.